The Morgan fingerprint density at radius 1 is 1.25 bits per heavy atom. The van der Waals surface area contributed by atoms with Crippen LogP contribution in [0.1, 0.15) is 28.3 Å². The summed E-state index contributed by atoms with van der Waals surface area (Å²) in [6.45, 7) is 2.24. The molecule has 0 spiro atoms. The van der Waals surface area contributed by atoms with Crippen molar-refractivity contribution in [1.29, 1.82) is 0 Å². The molecular formula is C20H20N6O2. The van der Waals surface area contributed by atoms with Crippen LogP contribution in [0.3, 0.4) is 0 Å². The Bertz CT molecular complexity index is 1070. The SMILES string of the molecule is Cc1nc(C(=O)NCCCc2ccc3cccc-3[nH]2)c(N)nc1-c1ncco1. The topological polar surface area (TPSA) is 123 Å². The van der Waals surface area contributed by atoms with Gasteiger partial charge in [0, 0.05) is 17.9 Å². The maximum absolute atomic E-state index is 12.4. The number of aryl methyl sites for hydroxylation is 2. The number of oxazole rings is 1. The molecule has 4 rings (SSSR count). The molecule has 1 aliphatic carbocycles. The first-order chi connectivity index (χ1) is 13.6. The molecule has 3 heterocycles. The number of rotatable bonds is 6. The highest BCUT2D eigenvalue weighted by atomic mass is 16.3. The van der Waals surface area contributed by atoms with E-state index >= 15 is 0 Å². The number of pyridine rings is 1. The number of anilines is 1. The van der Waals surface area contributed by atoms with Gasteiger partial charge in [0.15, 0.2) is 11.5 Å². The van der Waals surface area contributed by atoms with Crippen molar-refractivity contribution in [2.24, 2.45) is 0 Å². The van der Waals surface area contributed by atoms with Crippen LogP contribution in [0.5, 0.6) is 0 Å². The number of aromatic nitrogens is 4. The molecule has 0 saturated heterocycles. The number of fused-ring (bicyclic) bond motifs is 1. The van der Waals surface area contributed by atoms with Crippen molar-refractivity contribution in [3.8, 4) is 22.8 Å². The standard InChI is InChI=1S/C20H20N6O2/c1-12-16(20-23-10-11-28-20)26-18(21)17(24-12)19(27)22-9-3-5-14-8-7-13-4-2-6-15(13)25-14/h2,4,6-8,10-11,25H,3,5,9H2,1H3,(H2,21,26)(H,22,27). The Morgan fingerprint density at radius 2 is 2.14 bits per heavy atom. The predicted octanol–water partition coefficient (Wildman–Crippen LogP) is 2.82. The molecule has 0 aromatic carbocycles. The Labute approximate surface area is 161 Å². The predicted molar refractivity (Wildman–Crippen MR) is 105 cm³/mol. The van der Waals surface area contributed by atoms with Gasteiger partial charge in [0.1, 0.15) is 12.0 Å². The minimum absolute atomic E-state index is 0.0475. The van der Waals surface area contributed by atoms with Gasteiger partial charge in [-0.15, -0.1) is 0 Å². The van der Waals surface area contributed by atoms with E-state index in [9.17, 15) is 4.79 Å². The lowest BCUT2D eigenvalue weighted by Gasteiger charge is -2.09. The fourth-order valence-electron chi connectivity index (χ4n) is 3.05. The van der Waals surface area contributed by atoms with Gasteiger partial charge in [-0.2, -0.15) is 0 Å². The third kappa shape index (κ3) is 3.57. The highest BCUT2D eigenvalue weighted by molar-refractivity contribution is 5.96. The number of carbonyl (C=O) groups excluding carboxylic acids is 1. The van der Waals surface area contributed by atoms with Crippen LogP contribution in [0.25, 0.3) is 22.8 Å². The zero-order valence-electron chi connectivity index (χ0n) is 15.4. The first-order valence-corrected chi connectivity index (χ1v) is 9.00. The van der Waals surface area contributed by atoms with Crippen LogP contribution in [-0.2, 0) is 6.42 Å². The summed E-state index contributed by atoms with van der Waals surface area (Å²) >= 11 is 0. The van der Waals surface area contributed by atoms with Gasteiger partial charge >= 0.3 is 0 Å². The zero-order valence-corrected chi connectivity index (χ0v) is 15.4. The Kier molecular flexibility index (Phi) is 4.76. The third-order valence-corrected chi connectivity index (χ3v) is 4.46. The van der Waals surface area contributed by atoms with Crippen LogP contribution >= 0.6 is 0 Å². The normalized spacial score (nSPS) is 11.0. The lowest BCUT2D eigenvalue weighted by Crippen LogP contribution is -2.27. The van der Waals surface area contributed by atoms with Crippen molar-refractivity contribution in [3.05, 3.63) is 59.9 Å². The Balaban J connectivity index is 1.36. The average Bonchev–Trinajstić information content (AvgIpc) is 3.37. The quantitative estimate of drug-likeness (QED) is 0.445. The van der Waals surface area contributed by atoms with Crippen LogP contribution in [0, 0.1) is 6.92 Å². The van der Waals surface area contributed by atoms with Crippen molar-refractivity contribution in [2.45, 2.75) is 19.8 Å². The number of hydrogen-bond donors (Lipinski definition) is 3. The molecule has 0 atom stereocenters. The van der Waals surface area contributed by atoms with E-state index in [0.717, 1.165) is 24.2 Å². The molecule has 0 bridgehead atoms. The minimum atomic E-state index is -0.345. The van der Waals surface area contributed by atoms with Gasteiger partial charge in [0.25, 0.3) is 5.91 Å². The zero-order chi connectivity index (χ0) is 19.5. The number of H-pyrrole nitrogens is 1. The van der Waals surface area contributed by atoms with Crippen LogP contribution in [-0.4, -0.2) is 32.4 Å². The summed E-state index contributed by atoms with van der Waals surface area (Å²) in [5.74, 6) is 0.0236. The molecular weight excluding hydrogens is 356 g/mol. The van der Waals surface area contributed by atoms with E-state index in [1.54, 1.807) is 6.92 Å². The van der Waals surface area contributed by atoms with Crippen molar-refractivity contribution < 1.29 is 9.21 Å². The fraction of sp³-hybridized carbons (Fsp3) is 0.200. The van der Waals surface area contributed by atoms with E-state index in [2.05, 4.69) is 43.5 Å². The number of hydrogen-bond acceptors (Lipinski definition) is 6. The highest BCUT2D eigenvalue weighted by Crippen LogP contribution is 2.22. The number of nitrogen functional groups attached to an aromatic ring is 1. The summed E-state index contributed by atoms with van der Waals surface area (Å²) in [5.41, 5.74) is 10.4. The van der Waals surface area contributed by atoms with Gasteiger partial charge < -0.3 is 20.5 Å². The lowest BCUT2D eigenvalue weighted by molar-refractivity contribution is 0.0948. The molecule has 2 aromatic heterocycles. The smallest absolute Gasteiger partial charge is 0.273 e. The highest BCUT2D eigenvalue weighted by Gasteiger charge is 2.18. The molecule has 142 valence electrons. The van der Waals surface area contributed by atoms with E-state index in [1.807, 2.05) is 12.1 Å². The second kappa shape index (κ2) is 7.51. The largest absolute Gasteiger partial charge is 0.443 e. The monoisotopic (exact) mass is 376 g/mol. The van der Waals surface area contributed by atoms with Gasteiger partial charge in [-0.05, 0) is 37.5 Å². The fourth-order valence-corrected chi connectivity index (χ4v) is 3.05. The minimum Gasteiger partial charge on any atom is -0.443 e. The van der Waals surface area contributed by atoms with Crippen LogP contribution in [0.2, 0.25) is 0 Å². The van der Waals surface area contributed by atoms with Crippen molar-refractivity contribution >= 4 is 11.7 Å². The molecule has 0 radical (unpaired) electrons. The number of aromatic amines is 1. The van der Waals surface area contributed by atoms with Gasteiger partial charge in [0.2, 0.25) is 5.89 Å². The summed E-state index contributed by atoms with van der Waals surface area (Å²) in [5, 5.41) is 2.85. The number of amides is 1. The number of nitrogens with zero attached hydrogens (tertiary/aromatic N) is 3. The van der Waals surface area contributed by atoms with E-state index in [-0.39, 0.29) is 17.4 Å². The third-order valence-electron chi connectivity index (χ3n) is 4.46. The summed E-state index contributed by atoms with van der Waals surface area (Å²) < 4.78 is 5.23. The summed E-state index contributed by atoms with van der Waals surface area (Å²) in [7, 11) is 0. The summed E-state index contributed by atoms with van der Waals surface area (Å²) in [6.07, 6.45) is 4.57. The Morgan fingerprint density at radius 3 is 2.96 bits per heavy atom. The van der Waals surface area contributed by atoms with E-state index in [0.29, 0.717) is 23.8 Å². The molecule has 8 heteroatoms. The van der Waals surface area contributed by atoms with Gasteiger partial charge in [-0.1, -0.05) is 18.2 Å². The van der Waals surface area contributed by atoms with Crippen molar-refractivity contribution in [1.82, 2.24) is 25.3 Å². The van der Waals surface area contributed by atoms with E-state index < -0.39 is 0 Å². The van der Waals surface area contributed by atoms with Crippen LogP contribution < -0.4 is 11.1 Å². The molecule has 8 nitrogen and oxygen atoms in total. The molecule has 2 aliphatic rings. The molecule has 0 fully saturated rings. The van der Waals surface area contributed by atoms with Gasteiger partial charge in [0.05, 0.1) is 11.9 Å². The number of nitrogens with two attached hydrogens (primary N) is 1. The van der Waals surface area contributed by atoms with Crippen LogP contribution in [0.4, 0.5) is 5.82 Å². The maximum atomic E-state index is 12.4. The summed E-state index contributed by atoms with van der Waals surface area (Å²) in [4.78, 5) is 28.4. The van der Waals surface area contributed by atoms with E-state index in [4.69, 9.17) is 10.2 Å². The van der Waals surface area contributed by atoms with E-state index in [1.165, 1.54) is 18.0 Å². The molecule has 0 unspecified atom stereocenters. The number of nitrogens with one attached hydrogen (secondary N) is 2. The molecule has 1 amide bonds. The van der Waals surface area contributed by atoms with Crippen LogP contribution in [0.15, 0.2) is 47.2 Å². The average molecular weight is 376 g/mol. The molecule has 1 aliphatic heterocycles. The molecule has 4 N–H and O–H groups in total. The molecule has 2 aromatic rings. The molecule has 0 saturated carbocycles. The first-order valence-electron chi connectivity index (χ1n) is 9.00. The number of carbonyl (C=O) groups is 1. The van der Waals surface area contributed by atoms with Crippen molar-refractivity contribution in [2.75, 3.05) is 12.3 Å². The summed E-state index contributed by atoms with van der Waals surface area (Å²) in [6, 6.07) is 10.3. The first kappa shape index (κ1) is 17.7. The maximum Gasteiger partial charge on any atom is 0.273 e. The Hall–Kier alpha value is -3.68. The van der Waals surface area contributed by atoms with Gasteiger partial charge in [-0.3, -0.25) is 4.79 Å². The second-order valence-electron chi connectivity index (χ2n) is 6.47. The van der Waals surface area contributed by atoms with Gasteiger partial charge in [-0.25, -0.2) is 15.0 Å². The van der Waals surface area contributed by atoms with Crippen molar-refractivity contribution in [3.63, 3.8) is 0 Å². The lowest BCUT2D eigenvalue weighted by atomic mass is 10.1. The second-order valence-corrected chi connectivity index (χ2v) is 6.47. The molecule has 28 heavy (non-hydrogen) atoms.